The van der Waals surface area contributed by atoms with Crippen molar-refractivity contribution in [1.82, 2.24) is 0 Å². The van der Waals surface area contributed by atoms with Gasteiger partial charge in [-0.25, -0.2) is 4.79 Å². The van der Waals surface area contributed by atoms with Crippen LogP contribution in [0.4, 0.5) is 5.69 Å². The molecule has 0 unspecified atom stereocenters. The van der Waals surface area contributed by atoms with Gasteiger partial charge in [0, 0.05) is 17.8 Å². The van der Waals surface area contributed by atoms with Crippen LogP contribution in [-0.2, 0) is 14.3 Å². The molecule has 0 aliphatic rings. The Morgan fingerprint density at radius 3 is 2.58 bits per heavy atom. The number of rotatable bonds is 5. The Hall–Kier alpha value is -2.10. The normalized spacial score (nSPS) is 10.7. The predicted molar refractivity (Wildman–Crippen MR) is 74.7 cm³/mol. The first kappa shape index (κ1) is 15.0. The number of ether oxygens (including phenoxy) is 1. The molecular weight excluding hydrogens is 242 g/mol. The van der Waals surface area contributed by atoms with E-state index in [9.17, 15) is 9.59 Å². The Morgan fingerprint density at radius 1 is 1.26 bits per heavy atom. The Labute approximate surface area is 113 Å². The van der Waals surface area contributed by atoms with E-state index < -0.39 is 5.97 Å². The molecule has 1 aromatic rings. The van der Waals surface area contributed by atoms with Gasteiger partial charge in [0.25, 0.3) is 0 Å². The summed E-state index contributed by atoms with van der Waals surface area (Å²) in [6.07, 6.45) is 2.31. The van der Waals surface area contributed by atoms with E-state index >= 15 is 0 Å². The van der Waals surface area contributed by atoms with Crippen molar-refractivity contribution in [2.24, 2.45) is 5.92 Å². The molecule has 0 fully saturated rings. The van der Waals surface area contributed by atoms with Gasteiger partial charge < -0.3 is 10.1 Å². The molecule has 1 rings (SSSR count). The molecular formula is C15H19NO3. The Morgan fingerprint density at radius 2 is 1.95 bits per heavy atom. The maximum Gasteiger partial charge on any atom is 0.330 e. The Kier molecular flexibility index (Phi) is 5.79. The molecule has 19 heavy (non-hydrogen) atoms. The van der Waals surface area contributed by atoms with Crippen molar-refractivity contribution >= 4 is 17.6 Å². The lowest BCUT2D eigenvalue weighted by Crippen LogP contribution is -2.11. The summed E-state index contributed by atoms with van der Waals surface area (Å²) in [6.45, 7) is 6.14. The van der Waals surface area contributed by atoms with Crippen LogP contribution in [0.3, 0.4) is 0 Å². The van der Waals surface area contributed by atoms with Gasteiger partial charge in [0.15, 0.2) is 0 Å². The van der Waals surface area contributed by atoms with Crippen LogP contribution in [0.1, 0.15) is 19.4 Å². The quantitative estimate of drug-likeness (QED) is 0.655. The molecule has 0 bridgehead atoms. The smallest absolute Gasteiger partial charge is 0.330 e. The summed E-state index contributed by atoms with van der Waals surface area (Å²) < 4.78 is 4.92. The first-order chi connectivity index (χ1) is 8.99. The average molecular weight is 261 g/mol. The van der Waals surface area contributed by atoms with Crippen LogP contribution in [0.2, 0.25) is 0 Å². The third-order valence-electron chi connectivity index (χ3n) is 2.33. The molecule has 4 heteroatoms. The summed E-state index contributed by atoms with van der Waals surface area (Å²) in [6, 6.07) is 7.43. The van der Waals surface area contributed by atoms with Crippen LogP contribution in [0.5, 0.6) is 0 Å². The SMILES string of the molecule is Cc1ccccc1NC(=O)/C=C\C(=O)OCC(C)C. The fourth-order valence-electron chi connectivity index (χ4n) is 1.33. The van der Waals surface area contributed by atoms with E-state index in [4.69, 9.17) is 4.74 Å². The van der Waals surface area contributed by atoms with Crippen molar-refractivity contribution in [1.29, 1.82) is 0 Å². The number of para-hydroxylation sites is 1. The zero-order valence-electron chi connectivity index (χ0n) is 11.5. The highest BCUT2D eigenvalue weighted by molar-refractivity contribution is 6.02. The number of carbonyl (C=O) groups excluding carboxylic acids is 2. The van der Waals surface area contributed by atoms with Gasteiger partial charge >= 0.3 is 5.97 Å². The molecule has 0 radical (unpaired) electrons. The number of anilines is 1. The maximum absolute atomic E-state index is 11.6. The molecule has 0 aliphatic carbocycles. The highest BCUT2D eigenvalue weighted by Crippen LogP contribution is 2.12. The summed E-state index contributed by atoms with van der Waals surface area (Å²) in [5.41, 5.74) is 1.69. The Balaban J connectivity index is 2.47. The lowest BCUT2D eigenvalue weighted by atomic mass is 10.2. The molecule has 1 N–H and O–H groups in total. The minimum absolute atomic E-state index is 0.276. The first-order valence-electron chi connectivity index (χ1n) is 6.20. The van der Waals surface area contributed by atoms with E-state index in [1.807, 2.05) is 39.0 Å². The van der Waals surface area contributed by atoms with E-state index in [0.29, 0.717) is 6.61 Å². The highest BCUT2D eigenvalue weighted by atomic mass is 16.5. The van der Waals surface area contributed by atoms with E-state index in [-0.39, 0.29) is 11.8 Å². The lowest BCUT2D eigenvalue weighted by Gasteiger charge is -2.05. The van der Waals surface area contributed by atoms with Crippen LogP contribution < -0.4 is 5.32 Å². The van der Waals surface area contributed by atoms with Gasteiger partial charge in [-0.3, -0.25) is 4.79 Å². The molecule has 0 heterocycles. The lowest BCUT2D eigenvalue weighted by molar-refractivity contribution is -0.138. The number of aryl methyl sites for hydroxylation is 1. The van der Waals surface area contributed by atoms with Crippen LogP contribution in [0, 0.1) is 12.8 Å². The van der Waals surface area contributed by atoms with Crippen LogP contribution in [-0.4, -0.2) is 18.5 Å². The summed E-state index contributed by atoms with van der Waals surface area (Å²) in [4.78, 5) is 22.9. The zero-order chi connectivity index (χ0) is 14.3. The third kappa shape index (κ3) is 5.86. The summed E-state index contributed by atoms with van der Waals surface area (Å²) in [7, 11) is 0. The number of hydrogen-bond donors (Lipinski definition) is 1. The minimum Gasteiger partial charge on any atom is -0.462 e. The molecule has 0 aromatic heterocycles. The van der Waals surface area contributed by atoms with E-state index in [1.165, 1.54) is 6.08 Å². The van der Waals surface area contributed by atoms with Crippen molar-refractivity contribution in [3.05, 3.63) is 42.0 Å². The standard InChI is InChI=1S/C15H19NO3/c1-11(2)10-19-15(18)9-8-14(17)16-13-7-5-4-6-12(13)3/h4-9,11H,10H2,1-3H3,(H,16,17)/b9-8-. The maximum atomic E-state index is 11.6. The Bertz CT molecular complexity index is 478. The monoisotopic (exact) mass is 261 g/mol. The van der Waals surface area contributed by atoms with E-state index in [1.54, 1.807) is 6.07 Å². The molecule has 0 saturated carbocycles. The average Bonchev–Trinajstić information content (AvgIpc) is 2.36. The van der Waals surface area contributed by atoms with Gasteiger partial charge in [-0.15, -0.1) is 0 Å². The predicted octanol–water partition coefficient (Wildman–Crippen LogP) is 2.69. The minimum atomic E-state index is -0.506. The topological polar surface area (TPSA) is 55.4 Å². The van der Waals surface area contributed by atoms with Crippen molar-refractivity contribution in [3.63, 3.8) is 0 Å². The molecule has 0 spiro atoms. The number of amides is 1. The van der Waals surface area contributed by atoms with Gasteiger partial charge in [0.2, 0.25) is 5.91 Å². The van der Waals surface area contributed by atoms with E-state index in [0.717, 1.165) is 17.3 Å². The van der Waals surface area contributed by atoms with Gasteiger partial charge in [0.05, 0.1) is 6.61 Å². The summed E-state index contributed by atoms with van der Waals surface area (Å²) >= 11 is 0. The van der Waals surface area contributed by atoms with Crippen LogP contribution in [0.25, 0.3) is 0 Å². The molecule has 102 valence electrons. The molecule has 1 amide bonds. The second-order valence-corrected chi connectivity index (χ2v) is 4.66. The fraction of sp³-hybridized carbons (Fsp3) is 0.333. The fourth-order valence-corrected chi connectivity index (χ4v) is 1.33. The third-order valence-corrected chi connectivity index (χ3v) is 2.33. The van der Waals surface area contributed by atoms with Gasteiger partial charge in [0.1, 0.15) is 0 Å². The first-order valence-corrected chi connectivity index (χ1v) is 6.20. The summed E-state index contributed by atoms with van der Waals surface area (Å²) in [5.74, 6) is -0.581. The van der Waals surface area contributed by atoms with Crippen molar-refractivity contribution in [2.75, 3.05) is 11.9 Å². The number of carbonyl (C=O) groups is 2. The molecule has 0 aliphatic heterocycles. The molecule has 1 aromatic carbocycles. The number of benzene rings is 1. The van der Waals surface area contributed by atoms with Gasteiger partial charge in [-0.1, -0.05) is 32.0 Å². The van der Waals surface area contributed by atoms with Gasteiger partial charge in [-0.2, -0.15) is 0 Å². The van der Waals surface area contributed by atoms with Gasteiger partial charge in [-0.05, 0) is 24.5 Å². The van der Waals surface area contributed by atoms with Crippen LogP contribution in [0.15, 0.2) is 36.4 Å². The van der Waals surface area contributed by atoms with Crippen molar-refractivity contribution < 1.29 is 14.3 Å². The van der Waals surface area contributed by atoms with Crippen molar-refractivity contribution in [3.8, 4) is 0 Å². The zero-order valence-corrected chi connectivity index (χ0v) is 11.5. The molecule has 4 nitrogen and oxygen atoms in total. The molecule has 0 atom stereocenters. The number of nitrogens with one attached hydrogen (secondary N) is 1. The second-order valence-electron chi connectivity index (χ2n) is 4.66. The van der Waals surface area contributed by atoms with E-state index in [2.05, 4.69) is 5.32 Å². The number of hydrogen-bond acceptors (Lipinski definition) is 3. The molecule has 0 saturated heterocycles. The second kappa shape index (κ2) is 7.36. The number of esters is 1. The van der Waals surface area contributed by atoms with Crippen LogP contribution >= 0.6 is 0 Å². The highest BCUT2D eigenvalue weighted by Gasteiger charge is 2.03. The largest absolute Gasteiger partial charge is 0.462 e. The van der Waals surface area contributed by atoms with Crippen molar-refractivity contribution in [2.45, 2.75) is 20.8 Å². The summed E-state index contributed by atoms with van der Waals surface area (Å²) in [5, 5.41) is 2.70.